The van der Waals surface area contributed by atoms with Gasteiger partial charge in [0.2, 0.25) is 10.0 Å². The van der Waals surface area contributed by atoms with Crippen molar-refractivity contribution in [2.75, 3.05) is 55.5 Å². The molecular formula is C33H36N4O5S. The van der Waals surface area contributed by atoms with E-state index in [1.807, 2.05) is 61.5 Å². The first-order chi connectivity index (χ1) is 20.8. The Morgan fingerprint density at radius 1 is 0.744 bits per heavy atom. The van der Waals surface area contributed by atoms with Gasteiger partial charge < -0.3 is 24.6 Å². The van der Waals surface area contributed by atoms with Crippen molar-refractivity contribution in [3.63, 3.8) is 0 Å². The molecule has 0 unspecified atom stereocenters. The number of carbonyl (C=O) groups excluding carboxylic acids is 1. The summed E-state index contributed by atoms with van der Waals surface area (Å²) in [5, 5.41) is 2.85. The lowest BCUT2D eigenvalue weighted by atomic mass is 10.1. The first kappa shape index (κ1) is 29.9. The number of amides is 1. The average Bonchev–Trinajstić information content (AvgIpc) is 3.05. The molecule has 0 saturated carbocycles. The fourth-order valence-corrected chi connectivity index (χ4v) is 6.77. The third-order valence-corrected chi connectivity index (χ3v) is 9.11. The summed E-state index contributed by atoms with van der Waals surface area (Å²) < 4.78 is 41.6. The van der Waals surface area contributed by atoms with Gasteiger partial charge in [0.1, 0.15) is 16.4 Å². The molecule has 0 spiro atoms. The van der Waals surface area contributed by atoms with Crippen molar-refractivity contribution < 1.29 is 22.7 Å². The number of anilines is 3. The highest BCUT2D eigenvalue weighted by atomic mass is 32.2. The van der Waals surface area contributed by atoms with Gasteiger partial charge in [0.15, 0.2) is 0 Å². The van der Waals surface area contributed by atoms with Crippen molar-refractivity contribution in [1.82, 2.24) is 4.72 Å². The third kappa shape index (κ3) is 6.76. The van der Waals surface area contributed by atoms with E-state index in [1.54, 1.807) is 43.5 Å². The van der Waals surface area contributed by atoms with Crippen LogP contribution in [0.5, 0.6) is 11.5 Å². The minimum Gasteiger partial charge on any atom is -0.496 e. The van der Waals surface area contributed by atoms with Crippen molar-refractivity contribution >= 4 is 33.0 Å². The van der Waals surface area contributed by atoms with Gasteiger partial charge in [-0.1, -0.05) is 54.6 Å². The van der Waals surface area contributed by atoms with E-state index in [0.717, 1.165) is 17.0 Å². The normalized spacial score (nSPS) is 14.2. The maximum Gasteiger partial charge on any atom is 0.259 e. The summed E-state index contributed by atoms with van der Waals surface area (Å²) >= 11 is 0. The number of carbonyl (C=O) groups is 1. The Balaban J connectivity index is 1.44. The number of hydrogen-bond acceptors (Lipinski definition) is 7. The van der Waals surface area contributed by atoms with Crippen molar-refractivity contribution in [3.8, 4) is 11.5 Å². The molecule has 2 N–H and O–H groups in total. The van der Waals surface area contributed by atoms with Crippen LogP contribution in [-0.4, -0.2) is 54.7 Å². The molecule has 1 saturated heterocycles. The summed E-state index contributed by atoms with van der Waals surface area (Å²) in [6, 6.07) is 28.7. The van der Waals surface area contributed by atoms with Crippen molar-refractivity contribution in [1.29, 1.82) is 0 Å². The Morgan fingerprint density at radius 2 is 1.33 bits per heavy atom. The summed E-state index contributed by atoms with van der Waals surface area (Å²) in [5.74, 6) is 0.828. The molecule has 9 nitrogen and oxygen atoms in total. The van der Waals surface area contributed by atoms with E-state index < -0.39 is 22.0 Å². The number of piperazine rings is 1. The first-order valence-corrected chi connectivity index (χ1v) is 15.6. The maximum atomic E-state index is 14.0. The zero-order valence-electron chi connectivity index (χ0n) is 24.5. The molecule has 4 aromatic carbocycles. The number of nitrogens with one attached hydrogen (secondary N) is 2. The van der Waals surface area contributed by atoms with Gasteiger partial charge in [-0.05, 0) is 55.0 Å². The molecule has 0 aliphatic carbocycles. The molecule has 43 heavy (non-hydrogen) atoms. The van der Waals surface area contributed by atoms with Gasteiger partial charge in [0, 0.05) is 37.9 Å². The van der Waals surface area contributed by atoms with Crippen LogP contribution in [0.4, 0.5) is 17.1 Å². The lowest BCUT2D eigenvalue weighted by Crippen LogP contribution is -2.47. The summed E-state index contributed by atoms with van der Waals surface area (Å²) in [4.78, 5) is 17.5. The zero-order valence-corrected chi connectivity index (χ0v) is 25.3. The number of ether oxygens (including phenoxy) is 2. The van der Waals surface area contributed by atoms with Crippen LogP contribution in [0.15, 0.2) is 102 Å². The summed E-state index contributed by atoms with van der Waals surface area (Å²) in [7, 11) is -0.846. The van der Waals surface area contributed by atoms with E-state index in [0.29, 0.717) is 48.9 Å². The van der Waals surface area contributed by atoms with Gasteiger partial charge in [0.25, 0.3) is 5.91 Å². The van der Waals surface area contributed by atoms with Gasteiger partial charge in [0.05, 0.1) is 31.2 Å². The van der Waals surface area contributed by atoms with Crippen LogP contribution >= 0.6 is 0 Å². The number of nitrogens with zero attached hydrogens (tertiary/aromatic N) is 2. The molecule has 0 bridgehead atoms. The molecule has 5 rings (SSSR count). The van der Waals surface area contributed by atoms with Crippen molar-refractivity contribution in [2.24, 2.45) is 0 Å². The number of sulfonamides is 1. The second kappa shape index (κ2) is 13.2. The Labute approximate surface area is 253 Å². The second-order valence-electron chi connectivity index (χ2n) is 10.2. The fourth-order valence-electron chi connectivity index (χ4n) is 5.28. The maximum absolute atomic E-state index is 14.0. The van der Waals surface area contributed by atoms with Crippen LogP contribution in [-0.2, 0) is 10.0 Å². The topological polar surface area (TPSA) is 100 Å². The summed E-state index contributed by atoms with van der Waals surface area (Å²) in [5.41, 5.74) is 3.13. The number of para-hydroxylation sites is 3. The largest absolute Gasteiger partial charge is 0.496 e. The Hall–Kier alpha value is -4.54. The molecule has 1 aliphatic rings. The van der Waals surface area contributed by atoms with Crippen molar-refractivity contribution in [3.05, 3.63) is 108 Å². The van der Waals surface area contributed by atoms with E-state index in [-0.39, 0.29) is 4.90 Å². The second-order valence-corrected chi connectivity index (χ2v) is 11.9. The Kier molecular flexibility index (Phi) is 9.18. The molecule has 0 aromatic heterocycles. The standard InChI is InChI=1S/C33H36N4O5S/c1-24(25-11-5-4-6-12-25)35-43(39,40)32-23-26(34-33(38)27-13-7-9-15-30(27)41-2)17-18-29(32)37-21-19-36(20-22-37)28-14-8-10-16-31(28)42-3/h4-18,23-24,35H,19-22H2,1-3H3,(H,34,38)/t24-/m0/s1. The van der Waals surface area contributed by atoms with Gasteiger partial charge in [-0.25, -0.2) is 13.1 Å². The molecule has 1 heterocycles. The SMILES string of the molecule is COc1ccccc1C(=O)Nc1ccc(N2CCN(c3ccccc3OC)CC2)c(S(=O)(=O)N[C@@H](C)c2ccccc2)c1. The molecular weight excluding hydrogens is 564 g/mol. The van der Waals surface area contributed by atoms with Crippen LogP contribution in [0, 0.1) is 0 Å². The Bertz CT molecular complexity index is 1670. The van der Waals surface area contributed by atoms with Gasteiger partial charge >= 0.3 is 0 Å². The van der Waals surface area contributed by atoms with Crippen molar-refractivity contribution in [2.45, 2.75) is 17.9 Å². The smallest absolute Gasteiger partial charge is 0.259 e. The van der Waals surface area contributed by atoms with Gasteiger partial charge in [-0.2, -0.15) is 0 Å². The van der Waals surface area contributed by atoms with E-state index in [1.165, 1.54) is 13.2 Å². The predicted molar refractivity (Wildman–Crippen MR) is 170 cm³/mol. The molecule has 0 radical (unpaired) electrons. The van der Waals surface area contributed by atoms with Gasteiger partial charge in [-0.15, -0.1) is 0 Å². The molecule has 4 aromatic rings. The molecule has 1 fully saturated rings. The molecule has 1 aliphatic heterocycles. The van der Waals surface area contributed by atoms with E-state index in [4.69, 9.17) is 9.47 Å². The van der Waals surface area contributed by atoms with Crippen LogP contribution in [0.1, 0.15) is 28.9 Å². The Morgan fingerprint density at radius 3 is 2.00 bits per heavy atom. The third-order valence-electron chi connectivity index (χ3n) is 7.54. The first-order valence-electron chi connectivity index (χ1n) is 14.1. The molecule has 224 valence electrons. The highest BCUT2D eigenvalue weighted by Gasteiger charge is 2.28. The molecule has 1 amide bonds. The summed E-state index contributed by atoms with van der Waals surface area (Å²) in [6.45, 7) is 4.37. The predicted octanol–water partition coefficient (Wildman–Crippen LogP) is 5.32. The van der Waals surface area contributed by atoms with E-state index >= 15 is 0 Å². The highest BCUT2D eigenvalue weighted by Crippen LogP contribution is 2.33. The number of benzene rings is 4. The quantitative estimate of drug-likeness (QED) is 0.254. The number of rotatable bonds is 10. The minimum absolute atomic E-state index is 0.0962. The van der Waals surface area contributed by atoms with Crippen LogP contribution in [0.25, 0.3) is 0 Å². The lowest BCUT2D eigenvalue weighted by Gasteiger charge is -2.38. The van der Waals surface area contributed by atoms with Crippen LogP contribution in [0.3, 0.4) is 0 Å². The van der Waals surface area contributed by atoms with E-state index in [2.05, 4.69) is 19.8 Å². The van der Waals surface area contributed by atoms with Crippen LogP contribution in [0.2, 0.25) is 0 Å². The van der Waals surface area contributed by atoms with Gasteiger partial charge in [-0.3, -0.25) is 4.79 Å². The average molecular weight is 601 g/mol. The monoisotopic (exact) mass is 600 g/mol. The molecule has 10 heteroatoms. The molecule has 1 atom stereocenters. The lowest BCUT2D eigenvalue weighted by molar-refractivity contribution is 0.102. The highest BCUT2D eigenvalue weighted by molar-refractivity contribution is 7.89. The van der Waals surface area contributed by atoms with Crippen LogP contribution < -0.4 is 29.3 Å². The zero-order chi connectivity index (χ0) is 30.4. The minimum atomic E-state index is -4.00. The fraction of sp³-hybridized carbons (Fsp3) is 0.242. The van der Waals surface area contributed by atoms with E-state index in [9.17, 15) is 13.2 Å². The summed E-state index contributed by atoms with van der Waals surface area (Å²) in [6.07, 6.45) is 0. The number of hydrogen-bond donors (Lipinski definition) is 2. The number of methoxy groups -OCH3 is 2.